The second-order valence-electron chi connectivity index (χ2n) is 7.72. The number of halogens is 2. The number of fused-ring (bicyclic) bond motifs is 2. The SMILES string of the molecule is O=C1c2oc3ccc(Cl)cc3c(=O)c2[C@H](c2cccc(Cl)c2)N1CCN1CCOCC1. The standard InChI is InChI=1S/C23H20Cl2N2O4/c24-15-3-1-2-14(12-15)20-19-21(28)17-13-16(25)4-5-18(17)31-22(19)23(29)27(20)7-6-26-8-10-30-11-9-26/h1-5,12-13,20H,6-11H2/t20-/m0/s1. The number of benzene rings is 2. The van der Waals surface area contributed by atoms with Gasteiger partial charge in [0.1, 0.15) is 5.58 Å². The number of carbonyl (C=O) groups excluding carboxylic acids is 1. The summed E-state index contributed by atoms with van der Waals surface area (Å²) in [6.45, 7) is 4.12. The van der Waals surface area contributed by atoms with Gasteiger partial charge in [-0.05, 0) is 35.9 Å². The van der Waals surface area contributed by atoms with E-state index < -0.39 is 6.04 Å². The van der Waals surface area contributed by atoms with E-state index in [0.717, 1.165) is 18.7 Å². The van der Waals surface area contributed by atoms with Crippen LogP contribution < -0.4 is 5.43 Å². The lowest BCUT2D eigenvalue weighted by Gasteiger charge is -2.31. The smallest absolute Gasteiger partial charge is 0.290 e. The van der Waals surface area contributed by atoms with Crippen LogP contribution in [0, 0.1) is 0 Å². The minimum Gasteiger partial charge on any atom is -0.450 e. The van der Waals surface area contributed by atoms with Crippen LogP contribution >= 0.6 is 23.2 Å². The van der Waals surface area contributed by atoms with Gasteiger partial charge in [0.2, 0.25) is 5.76 Å². The van der Waals surface area contributed by atoms with Gasteiger partial charge in [-0.3, -0.25) is 14.5 Å². The third-order valence-corrected chi connectivity index (χ3v) is 6.32. The number of rotatable bonds is 4. The van der Waals surface area contributed by atoms with Gasteiger partial charge < -0.3 is 14.1 Å². The van der Waals surface area contributed by atoms with Gasteiger partial charge in [-0.25, -0.2) is 0 Å². The molecule has 0 saturated carbocycles. The summed E-state index contributed by atoms with van der Waals surface area (Å²) in [5.41, 5.74) is 1.21. The Balaban J connectivity index is 1.61. The lowest BCUT2D eigenvalue weighted by atomic mass is 9.98. The number of carbonyl (C=O) groups is 1. The second kappa shape index (κ2) is 8.28. The van der Waals surface area contributed by atoms with Crippen LogP contribution in [0.1, 0.15) is 27.7 Å². The molecule has 1 fully saturated rings. The van der Waals surface area contributed by atoms with E-state index in [4.69, 9.17) is 32.4 Å². The van der Waals surface area contributed by atoms with E-state index in [1.807, 2.05) is 12.1 Å². The Bertz CT molecular complexity index is 1220. The number of amides is 1. The zero-order valence-corrected chi connectivity index (χ0v) is 18.2. The van der Waals surface area contributed by atoms with Crippen LogP contribution in [-0.2, 0) is 4.74 Å². The first-order valence-corrected chi connectivity index (χ1v) is 10.9. The summed E-state index contributed by atoms with van der Waals surface area (Å²) in [6.07, 6.45) is 0. The topological polar surface area (TPSA) is 63.0 Å². The van der Waals surface area contributed by atoms with Gasteiger partial charge in [0.05, 0.1) is 30.2 Å². The Morgan fingerprint density at radius 3 is 2.52 bits per heavy atom. The highest BCUT2D eigenvalue weighted by molar-refractivity contribution is 6.31. The highest BCUT2D eigenvalue weighted by Crippen LogP contribution is 2.38. The highest BCUT2D eigenvalue weighted by Gasteiger charge is 2.42. The first kappa shape index (κ1) is 20.5. The van der Waals surface area contributed by atoms with Crippen molar-refractivity contribution >= 4 is 40.1 Å². The first-order valence-electron chi connectivity index (χ1n) is 10.2. The van der Waals surface area contributed by atoms with Gasteiger partial charge in [-0.2, -0.15) is 0 Å². The molecule has 0 N–H and O–H groups in total. The molecule has 2 aromatic carbocycles. The fourth-order valence-corrected chi connectivity index (χ4v) is 4.69. The zero-order chi connectivity index (χ0) is 21.5. The van der Waals surface area contributed by atoms with E-state index in [1.54, 1.807) is 35.2 Å². The lowest BCUT2D eigenvalue weighted by molar-refractivity contribution is 0.0314. The second-order valence-corrected chi connectivity index (χ2v) is 8.60. The molecular formula is C23H20Cl2N2O4. The third kappa shape index (κ3) is 3.74. The van der Waals surface area contributed by atoms with Gasteiger partial charge in [-0.15, -0.1) is 0 Å². The molecule has 1 atom stereocenters. The molecule has 8 heteroatoms. The molecule has 2 aliphatic heterocycles. The molecule has 0 spiro atoms. The molecule has 3 heterocycles. The van der Waals surface area contributed by atoms with Crippen LogP contribution in [-0.4, -0.2) is 55.1 Å². The third-order valence-electron chi connectivity index (χ3n) is 5.85. The number of nitrogens with zero attached hydrogens (tertiary/aromatic N) is 2. The van der Waals surface area contributed by atoms with E-state index in [0.29, 0.717) is 52.9 Å². The predicted molar refractivity (Wildman–Crippen MR) is 119 cm³/mol. The maximum atomic E-state index is 13.5. The van der Waals surface area contributed by atoms with Gasteiger partial charge in [0.15, 0.2) is 5.43 Å². The minimum absolute atomic E-state index is 0.0896. The number of morpholine rings is 1. The van der Waals surface area contributed by atoms with E-state index in [1.165, 1.54) is 0 Å². The Morgan fingerprint density at radius 1 is 0.968 bits per heavy atom. The molecular weight excluding hydrogens is 439 g/mol. The number of hydrogen-bond acceptors (Lipinski definition) is 5. The zero-order valence-electron chi connectivity index (χ0n) is 16.6. The molecule has 31 heavy (non-hydrogen) atoms. The van der Waals surface area contributed by atoms with Crippen molar-refractivity contribution in [1.29, 1.82) is 0 Å². The number of hydrogen-bond donors (Lipinski definition) is 0. The summed E-state index contributed by atoms with van der Waals surface area (Å²) in [5, 5.41) is 1.34. The van der Waals surface area contributed by atoms with Crippen molar-refractivity contribution in [3.63, 3.8) is 0 Å². The quantitative estimate of drug-likeness (QED) is 0.591. The molecule has 160 valence electrons. The molecule has 1 aromatic heterocycles. The molecule has 2 aliphatic rings. The summed E-state index contributed by atoms with van der Waals surface area (Å²) < 4.78 is 11.4. The molecule has 0 aliphatic carbocycles. The van der Waals surface area contributed by atoms with Crippen molar-refractivity contribution in [2.75, 3.05) is 39.4 Å². The Kier molecular flexibility index (Phi) is 5.48. The largest absolute Gasteiger partial charge is 0.450 e. The van der Waals surface area contributed by atoms with Crippen LogP contribution in [0.5, 0.6) is 0 Å². The summed E-state index contributed by atoms with van der Waals surface area (Å²) in [5.74, 6) is -0.200. The fraction of sp³-hybridized carbons (Fsp3) is 0.304. The first-order chi connectivity index (χ1) is 15.0. The van der Waals surface area contributed by atoms with Crippen molar-refractivity contribution in [1.82, 2.24) is 9.80 Å². The van der Waals surface area contributed by atoms with Crippen molar-refractivity contribution in [3.8, 4) is 0 Å². The van der Waals surface area contributed by atoms with Crippen LogP contribution in [0.3, 0.4) is 0 Å². The van der Waals surface area contributed by atoms with Gasteiger partial charge in [-0.1, -0.05) is 35.3 Å². The Hall–Kier alpha value is -2.38. The molecule has 0 unspecified atom stereocenters. The summed E-state index contributed by atoms with van der Waals surface area (Å²) in [4.78, 5) is 30.8. The Morgan fingerprint density at radius 2 is 1.74 bits per heavy atom. The fourth-order valence-electron chi connectivity index (χ4n) is 4.32. The normalized spacial score (nSPS) is 19.2. The molecule has 3 aromatic rings. The predicted octanol–water partition coefficient (Wildman–Crippen LogP) is 3.98. The molecule has 1 saturated heterocycles. The van der Waals surface area contributed by atoms with Gasteiger partial charge in [0.25, 0.3) is 5.91 Å². The van der Waals surface area contributed by atoms with Crippen LogP contribution in [0.2, 0.25) is 10.0 Å². The Labute approximate surface area is 188 Å². The monoisotopic (exact) mass is 458 g/mol. The molecule has 1 amide bonds. The molecule has 0 bridgehead atoms. The van der Waals surface area contributed by atoms with Gasteiger partial charge >= 0.3 is 0 Å². The lowest BCUT2D eigenvalue weighted by Crippen LogP contribution is -2.42. The van der Waals surface area contributed by atoms with E-state index in [2.05, 4.69) is 4.90 Å². The molecule has 0 radical (unpaired) electrons. The average Bonchev–Trinajstić information content (AvgIpc) is 3.05. The van der Waals surface area contributed by atoms with Crippen molar-refractivity contribution < 1.29 is 13.9 Å². The van der Waals surface area contributed by atoms with Crippen molar-refractivity contribution in [2.24, 2.45) is 0 Å². The van der Waals surface area contributed by atoms with E-state index >= 15 is 0 Å². The maximum Gasteiger partial charge on any atom is 0.290 e. The number of ether oxygens (including phenoxy) is 1. The van der Waals surface area contributed by atoms with Crippen molar-refractivity contribution in [3.05, 3.63) is 79.6 Å². The van der Waals surface area contributed by atoms with Gasteiger partial charge in [0, 0.05) is 36.2 Å². The van der Waals surface area contributed by atoms with Crippen molar-refractivity contribution in [2.45, 2.75) is 6.04 Å². The van der Waals surface area contributed by atoms with Crippen LogP contribution in [0.4, 0.5) is 0 Å². The average molecular weight is 459 g/mol. The van der Waals surface area contributed by atoms with Crippen LogP contribution in [0.25, 0.3) is 11.0 Å². The van der Waals surface area contributed by atoms with E-state index in [9.17, 15) is 9.59 Å². The summed E-state index contributed by atoms with van der Waals surface area (Å²) in [7, 11) is 0. The minimum atomic E-state index is -0.568. The van der Waals surface area contributed by atoms with E-state index in [-0.39, 0.29) is 17.1 Å². The highest BCUT2D eigenvalue weighted by atomic mass is 35.5. The maximum absolute atomic E-state index is 13.5. The molecule has 5 rings (SSSR count). The van der Waals surface area contributed by atoms with Crippen LogP contribution in [0.15, 0.2) is 51.7 Å². The summed E-state index contributed by atoms with van der Waals surface area (Å²) in [6, 6.07) is 11.5. The summed E-state index contributed by atoms with van der Waals surface area (Å²) >= 11 is 12.4. The molecule has 6 nitrogen and oxygen atoms in total.